The highest BCUT2D eigenvalue weighted by atomic mass is 16.6. The van der Waals surface area contributed by atoms with E-state index in [1.54, 1.807) is 109 Å². The molecule has 2 bridgehead atoms. The van der Waals surface area contributed by atoms with Crippen molar-refractivity contribution in [2.75, 3.05) is 27.4 Å². The van der Waals surface area contributed by atoms with Gasteiger partial charge in [-0.3, -0.25) is 9.59 Å². The van der Waals surface area contributed by atoms with E-state index >= 15 is 4.79 Å². The summed E-state index contributed by atoms with van der Waals surface area (Å²) in [6.45, 7) is 12.1. The number of ketones is 1. The number of amides is 1. The van der Waals surface area contributed by atoms with Crippen molar-refractivity contribution < 1.29 is 67.3 Å². The molecular weight excluding hydrogens is 790 g/mol. The van der Waals surface area contributed by atoms with Gasteiger partial charge < -0.3 is 48.7 Å². The van der Waals surface area contributed by atoms with Crippen molar-refractivity contribution in [3.8, 4) is 0 Å². The summed E-state index contributed by atoms with van der Waals surface area (Å²) < 4.78 is 42.4. The van der Waals surface area contributed by atoms with E-state index in [0.29, 0.717) is 11.1 Å². The highest BCUT2D eigenvalue weighted by Gasteiger charge is 2.78. The van der Waals surface area contributed by atoms with Gasteiger partial charge in [0, 0.05) is 39.4 Å². The van der Waals surface area contributed by atoms with Crippen LogP contribution in [0.15, 0.2) is 71.8 Å². The number of hydrogen-bond donors (Lipinski definition) is 3. The van der Waals surface area contributed by atoms with E-state index in [2.05, 4.69) is 5.32 Å². The average molecular weight is 850 g/mol. The topological polar surface area (TPSA) is 202 Å². The van der Waals surface area contributed by atoms with Gasteiger partial charge in [0.2, 0.25) is 0 Å². The number of Topliss-reactive ketones (excluding diaryl/α,β-unsaturated/α-hetero) is 1. The first-order valence-corrected chi connectivity index (χ1v) is 20.6. The van der Waals surface area contributed by atoms with Crippen molar-refractivity contribution in [2.24, 2.45) is 22.7 Å². The third-order valence-electron chi connectivity index (χ3n) is 13.4. The number of aliphatic hydroxyl groups excluding tert-OH is 1. The SMILES string of the molecule is CO[C@H]1C[C@H]2OC[C@@]2(OC(C)=O)C2[C@H](OC(=O)c3ccccc3)[C@]3(O)C[C@H](OC(=O)[C@H](OC)C(NC(=O)OC(C)(C)C)c4ccccc4)C(C)=C([C@@H](CO)C(=O)[C@@]21C)C3(C)C. The molecule has 332 valence electrons. The molecular formula is C46H59NO14. The second-order valence-electron chi connectivity index (χ2n) is 18.3. The predicted molar refractivity (Wildman–Crippen MR) is 218 cm³/mol. The fraction of sp³-hybridized carbons (Fsp3) is 0.587. The fourth-order valence-corrected chi connectivity index (χ4v) is 10.5. The maximum absolute atomic E-state index is 15.6. The van der Waals surface area contributed by atoms with Crippen LogP contribution in [0.2, 0.25) is 0 Å². The number of aliphatic hydroxyl groups is 2. The zero-order valence-electron chi connectivity index (χ0n) is 36.5. The first-order valence-electron chi connectivity index (χ1n) is 20.6. The van der Waals surface area contributed by atoms with Gasteiger partial charge in [0.15, 0.2) is 17.5 Å². The number of nitrogens with one attached hydrogen (secondary N) is 1. The van der Waals surface area contributed by atoms with Crippen LogP contribution in [0.1, 0.15) is 90.2 Å². The van der Waals surface area contributed by atoms with Crippen LogP contribution in [0.4, 0.5) is 4.79 Å². The number of methoxy groups -OCH3 is 2. The van der Waals surface area contributed by atoms with Gasteiger partial charge in [0.05, 0.1) is 48.2 Å². The number of fused-ring (bicyclic) bond motifs is 5. The highest BCUT2D eigenvalue weighted by Crippen LogP contribution is 2.65. The number of carbonyl (C=O) groups is 5. The minimum absolute atomic E-state index is 0.110. The van der Waals surface area contributed by atoms with Crippen LogP contribution >= 0.6 is 0 Å². The first kappa shape index (κ1) is 45.8. The summed E-state index contributed by atoms with van der Waals surface area (Å²) in [6, 6.07) is 15.6. The van der Waals surface area contributed by atoms with Crippen molar-refractivity contribution >= 4 is 29.8 Å². The van der Waals surface area contributed by atoms with E-state index in [0.717, 1.165) is 0 Å². The van der Waals surface area contributed by atoms with E-state index in [-0.39, 0.29) is 24.2 Å². The molecule has 15 heteroatoms. The van der Waals surface area contributed by atoms with Crippen LogP contribution in [0.5, 0.6) is 0 Å². The summed E-state index contributed by atoms with van der Waals surface area (Å²) in [6.07, 6.45) is -7.26. The Labute approximate surface area is 356 Å². The lowest BCUT2D eigenvalue weighted by Gasteiger charge is -2.68. The van der Waals surface area contributed by atoms with Gasteiger partial charge >= 0.3 is 24.0 Å². The summed E-state index contributed by atoms with van der Waals surface area (Å²) in [4.78, 5) is 70.7. The molecule has 2 aromatic rings. The quantitative estimate of drug-likeness (QED) is 0.158. The largest absolute Gasteiger partial charge is 0.456 e. The molecule has 2 unspecified atom stereocenters. The molecule has 11 atom stereocenters. The van der Waals surface area contributed by atoms with E-state index in [1.807, 2.05) is 0 Å². The van der Waals surface area contributed by atoms with Gasteiger partial charge in [-0.2, -0.15) is 0 Å². The van der Waals surface area contributed by atoms with Crippen LogP contribution in [0.25, 0.3) is 0 Å². The van der Waals surface area contributed by atoms with Crippen LogP contribution in [-0.2, 0) is 47.5 Å². The van der Waals surface area contributed by atoms with Gasteiger partial charge in [-0.05, 0) is 63.5 Å². The third-order valence-corrected chi connectivity index (χ3v) is 13.4. The van der Waals surface area contributed by atoms with E-state index in [9.17, 15) is 29.4 Å². The molecule has 0 spiro atoms. The minimum atomic E-state index is -2.21. The van der Waals surface area contributed by atoms with E-state index < -0.39 is 119 Å². The van der Waals surface area contributed by atoms with Crippen LogP contribution in [0, 0.1) is 22.7 Å². The van der Waals surface area contributed by atoms with Crippen LogP contribution < -0.4 is 5.32 Å². The summed E-state index contributed by atoms with van der Waals surface area (Å²) in [5, 5.41) is 27.8. The molecule has 1 amide bonds. The molecule has 2 saturated carbocycles. The normalized spacial score (nSPS) is 32.6. The molecule has 3 aliphatic carbocycles. The Morgan fingerprint density at radius 1 is 0.967 bits per heavy atom. The number of alkyl carbamates (subject to hydrolysis) is 1. The lowest BCUT2D eigenvalue weighted by molar-refractivity contribution is -0.347. The zero-order valence-corrected chi connectivity index (χ0v) is 36.5. The molecule has 1 heterocycles. The Morgan fingerprint density at radius 2 is 1.59 bits per heavy atom. The lowest BCUT2D eigenvalue weighted by Crippen LogP contribution is -2.81. The molecule has 2 aromatic carbocycles. The predicted octanol–water partition coefficient (Wildman–Crippen LogP) is 4.82. The van der Waals surface area contributed by atoms with Gasteiger partial charge in [0.1, 0.15) is 29.5 Å². The number of rotatable bonds is 11. The van der Waals surface area contributed by atoms with E-state index in [1.165, 1.54) is 21.1 Å². The van der Waals surface area contributed by atoms with Crippen molar-refractivity contribution in [1.82, 2.24) is 5.32 Å². The summed E-state index contributed by atoms with van der Waals surface area (Å²) >= 11 is 0. The third kappa shape index (κ3) is 7.88. The maximum Gasteiger partial charge on any atom is 0.408 e. The van der Waals surface area contributed by atoms with Gasteiger partial charge in [-0.25, -0.2) is 14.4 Å². The van der Waals surface area contributed by atoms with Crippen molar-refractivity contribution in [2.45, 2.75) is 122 Å². The second kappa shape index (κ2) is 16.9. The molecule has 6 rings (SSSR count). The molecule has 1 aliphatic heterocycles. The monoisotopic (exact) mass is 849 g/mol. The molecule has 61 heavy (non-hydrogen) atoms. The smallest absolute Gasteiger partial charge is 0.408 e. The van der Waals surface area contributed by atoms with Gasteiger partial charge in [0.25, 0.3) is 0 Å². The number of ether oxygens (including phenoxy) is 7. The fourth-order valence-electron chi connectivity index (χ4n) is 10.5. The summed E-state index contributed by atoms with van der Waals surface area (Å²) in [7, 11) is 2.72. The molecule has 3 fully saturated rings. The molecule has 15 nitrogen and oxygen atoms in total. The summed E-state index contributed by atoms with van der Waals surface area (Å²) in [5.41, 5.74) is -6.53. The molecule has 0 aromatic heterocycles. The van der Waals surface area contributed by atoms with Gasteiger partial charge in [-0.15, -0.1) is 0 Å². The lowest BCUT2D eigenvalue weighted by atomic mass is 9.43. The molecule has 1 saturated heterocycles. The standard InChI is InChI=1S/C46H59NO14/c1-25-30(58-40(52)35(56-10)34(27-17-13-11-14-18-27)47-41(53)61-42(3,4)5)22-46(54)38(59-39(51)28-19-15-12-16-20-28)36-44(8,37(50)29(23-48)33(25)43(46,6)7)31(55-9)21-32-45(36,24-57-32)60-26(2)49/h11-20,29-32,34-36,38,48,54H,21-24H2,1-10H3,(H,47,53)/t29-,30+,31+,32-,34?,35-,36?,38+,44-,45+,46-/m1/s1. The maximum atomic E-state index is 15.6. The highest BCUT2D eigenvalue weighted by molar-refractivity contribution is 5.93. The number of carbonyl (C=O) groups excluding carboxylic acids is 5. The molecule has 0 radical (unpaired) electrons. The first-order chi connectivity index (χ1) is 28.6. The van der Waals surface area contributed by atoms with Crippen molar-refractivity contribution in [3.05, 3.63) is 82.9 Å². The zero-order chi connectivity index (χ0) is 44.9. The Morgan fingerprint density at radius 3 is 2.11 bits per heavy atom. The summed E-state index contributed by atoms with van der Waals surface area (Å²) in [5.74, 6) is -5.59. The molecule has 3 N–H and O–H groups in total. The average Bonchev–Trinajstić information content (AvgIpc) is 3.19. The van der Waals surface area contributed by atoms with Gasteiger partial charge in [-0.1, -0.05) is 62.4 Å². The second-order valence-corrected chi connectivity index (χ2v) is 18.3. The Balaban J connectivity index is 1.53. The number of hydrogen-bond acceptors (Lipinski definition) is 14. The van der Waals surface area contributed by atoms with Crippen molar-refractivity contribution in [1.29, 1.82) is 0 Å². The number of benzene rings is 2. The number of esters is 3. The molecule has 4 aliphatic rings. The van der Waals surface area contributed by atoms with E-state index in [4.69, 9.17) is 33.2 Å². The van der Waals surface area contributed by atoms with Crippen LogP contribution in [-0.4, -0.2) is 115 Å². The van der Waals surface area contributed by atoms with Crippen LogP contribution in [0.3, 0.4) is 0 Å². The Bertz CT molecular complexity index is 2030. The minimum Gasteiger partial charge on any atom is -0.456 e. The van der Waals surface area contributed by atoms with Crippen molar-refractivity contribution in [3.63, 3.8) is 0 Å². The Kier molecular flexibility index (Phi) is 12.7. The Hall–Kier alpha value is -4.67.